The SMILES string of the molecule is CCOC(=O)C(C[C@@H]1CNCCO1)(C(=O)OCC)C(=O)OCC. The Balaban J connectivity index is 3.16. The Labute approximate surface area is 135 Å². The molecule has 0 aromatic carbocycles. The summed E-state index contributed by atoms with van der Waals surface area (Å²) < 4.78 is 20.4. The molecular formula is C15H25NO7. The van der Waals surface area contributed by atoms with Crippen LogP contribution in [-0.4, -0.2) is 63.5 Å². The van der Waals surface area contributed by atoms with Crippen LogP contribution in [0.1, 0.15) is 27.2 Å². The van der Waals surface area contributed by atoms with E-state index in [2.05, 4.69) is 5.32 Å². The summed E-state index contributed by atoms with van der Waals surface area (Å²) in [7, 11) is 0. The van der Waals surface area contributed by atoms with Crippen LogP contribution < -0.4 is 5.32 Å². The molecule has 1 saturated heterocycles. The van der Waals surface area contributed by atoms with E-state index < -0.39 is 29.4 Å². The van der Waals surface area contributed by atoms with Crippen LogP contribution in [0.4, 0.5) is 0 Å². The summed E-state index contributed by atoms with van der Waals surface area (Å²) in [4.78, 5) is 37.4. The zero-order chi connectivity index (χ0) is 17.3. The third-order valence-corrected chi connectivity index (χ3v) is 3.41. The summed E-state index contributed by atoms with van der Waals surface area (Å²) in [5.74, 6) is -2.90. The molecule has 1 rings (SSSR count). The fourth-order valence-corrected chi connectivity index (χ4v) is 2.36. The minimum Gasteiger partial charge on any atom is -0.465 e. The molecule has 0 spiro atoms. The van der Waals surface area contributed by atoms with Crippen LogP contribution in [-0.2, 0) is 33.3 Å². The van der Waals surface area contributed by atoms with Gasteiger partial charge in [0.15, 0.2) is 0 Å². The first kappa shape index (κ1) is 19.4. The van der Waals surface area contributed by atoms with Gasteiger partial charge in [-0.25, -0.2) is 0 Å². The third-order valence-electron chi connectivity index (χ3n) is 3.41. The largest absolute Gasteiger partial charge is 0.465 e. The molecule has 0 radical (unpaired) electrons. The van der Waals surface area contributed by atoms with E-state index in [1.54, 1.807) is 20.8 Å². The lowest BCUT2D eigenvalue weighted by atomic mass is 9.81. The average molecular weight is 331 g/mol. The quantitative estimate of drug-likeness (QED) is 0.378. The highest BCUT2D eigenvalue weighted by atomic mass is 16.6. The Morgan fingerprint density at radius 1 is 1.00 bits per heavy atom. The molecule has 132 valence electrons. The molecule has 23 heavy (non-hydrogen) atoms. The van der Waals surface area contributed by atoms with Crippen molar-refractivity contribution in [3.8, 4) is 0 Å². The summed E-state index contributed by atoms with van der Waals surface area (Å²) >= 11 is 0. The Bertz CT molecular complexity index is 372. The maximum absolute atomic E-state index is 12.5. The van der Waals surface area contributed by atoms with Crippen molar-refractivity contribution in [1.82, 2.24) is 5.32 Å². The second kappa shape index (κ2) is 9.46. The maximum Gasteiger partial charge on any atom is 0.335 e. The van der Waals surface area contributed by atoms with Gasteiger partial charge in [-0.05, 0) is 20.8 Å². The number of esters is 3. The smallest absolute Gasteiger partial charge is 0.335 e. The molecule has 1 heterocycles. The summed E-state index contributed by atoms with van der Waals surface area (Å²) in [6.45, 7) is 6.39. The van der Waals surface area contributed by atoms with Crippen LogP contribution in [0.5, 0.6) is 0 Å². The van der Waals surface area contributed by atoms with E-state index >= 15 is 0 Å². The van der Waals surface area contributed by atoms with Gasteiger partial charge in [-0.2, -0.15) is 0 Å². The molecule has 0 bridgehead atoms. The lowest BCUT2D eigenvalue weighted by molar-refractivity contribution is -0.187. The Morgan fingerprint density at radius 2 is 1.48 bits per heavy atom. The van der Waals surface area contributed by atoms with E-state index in [0.717, 1.165) is 0 Å². The summed E-state index contributed by atoms with van der Waals surface area (Å²) in [5, 5.41) is 3.09. The first-order chi connectivity index (χ1) is 11.0. The first-order valence-electron chi connectivity index (χ1n) is 7.86. The Kier molecular flexibility index (Phi) is 7.97. The van der Waals surface area contributed by atoms with Crippen molar-refractivity contribution < 1.29 is 33.3 Å². The second-order valence-electron chi connectivity index (χ2n) is 4.97. The van der Waals surface area contributed by atoms with Gasteiger partial charge in [0.2, 0.25) is 0 Å². The van der Waals surface area contributed by atoms with Crippen molar-refractivity contribution >= 4 is 17.9 Å². The van der Waals surface area contributed by atoms with E-state index in [-0.39, 0.29) is 26.2 Å². The van der Waals surface area contributed by atoms with E-state index in [1.807, 2.05) is 0 Å². The highest BCUT2D eigenvalue weighted by Crippen LogP contribution is 2.31. The standard InChI is InChI=1S/C15H25NO7/c1-4-20-12(17)15(13(18)21-5-2,14(19)22-6-3)9-11-10-16-7-8-23-11/h11,16H,4-10H2,1-3H3/t11-/m1/s1. The van der Waals surface area contributed by atoms with Crippen molar-refractivity contribution in [2.24, 2.45) is 5.41 Å². The number of rotatable bonds is 8. The van der Waals surface area contributed by atoms with Crippen molar-refractivity contribution in [1.29, 1.82) is 0 Å². The zero-order valence-electron chi connectivity index (χ0n) is 13.9. The van der Waals surface area contributed by atoms with Crippen LogP contribution in [0.25, 0.3) is 0 Å². The minimum absolute atomic E-state index is 0.0309. The number of hydrogen-bond acceptors (Lipinski definition) is 8. The van der Waals surface area contributed by atoms with Crippen LogP contribution >= 0.6 is 0 Å². The van der Waals surface area contributed by atoms with Gasteiger partial charge in [-0.15, -0.1) is 0 Å². The molecule has 1 atom stereocenters. The lowest BCUT2D eigenvalue weighted by Crippen LogP contribution is -2.53. The predicted molar refractivity (Wildman–Crippen MR) is 79.6 cm³/mol. The van der Waals surface area contributed by atoms with Gasteiger partial charge >= 0.3 is 17.9 Å². The molecule has 8 nitrogen and oxygen atoms in total. The Morgan fingerprint density at radius 3 is 1.83 bits per heavy atom. The van der Waals surface area contributed by atoms with E-state index in [1.165, 1.54) is 0 Å². The highest BCUT2D eigenvalue weighted by molar-refractivity contribution is 6.18. The fraction of sp³-hybridized carbons (Fsp3) is 0.800. The minimum atomic E-state index is -2.16. The molecule has 1 aliphatic heterocycles. The van der Waals surface area contributed by atoms with Gasteiger partial charge in [-0.1, -0.05) is 0 Å². The molecule has 0 aliphatic carbocycles. The number of ether oxygens (including phenoxy) is 4. The van der Waals surface area contributed by atoms with Gasteiger partial charge in [0.1, 0.15) is 0 Å². The van der Waals surface area contributed by atoms with Gasteiger partial charge < -0.3 is 24.3 Å². The number of nitrogens with one attached hydrogen (secondary N) is 1. The number of carbonyl (C=O) groups is 3. The van der Waals surface area contributed by atoms with Crippen LogP contribution in [0.15, 0.2) is 0 Å². The number of carbonyl (C=O) groups excluding carboxylic acids is 3. The van der Waals surface area contributed by atoms with Crippen molar-refractivity contribution in [2.45, 2.75) is 33.3 Å². The number of morpholine rings is 1. The average Bonchev–Trinajstić information content (AvgIpc) is 2.54. The molecule has 1 N–H and O–H groups in total. The monoisotopic (exact) mass is 331 g/mol. The van der Waals surface area contributed by atoms with Crippen molar-refractivity contribution in [3.63, 3.8) is 0 Å². The Hall–Kier alpha value is -1.67. The highest BCUT2D eigenvalue weighted by Gasteiger charge is 2.58. The van der Waals surface area contributed by atoms with Crippen LogP contribution in [0.2, 0.25) is 0 Å². The van der Waals surface area contributed by atoms with Crippen molar-refractivity contribution in [3.05, 3.63) is 0 Å². The van der Waals surface area contributed by atoms with Gasteiger partial charge in [0.25, 0.3) is 5.41 Å². The molecule has 0 aromatic heterocycles. The van der Waals surface area contributed by atoms with Gasteiger partial charge in [-0.3, -0.25) is 14.4 Å². The lowest BCUT2D eigenvalue weighted by Gasteiger charge is -2.32. The predicted octanol–water partition coefficient (Wildman–Crippen LogP) is 0.0406. The normalized spacial score (nSPS) is 18.1. The summed E-state index contributed by atoms with van der Waals surface area (Å²) in [6, 6.07) is 0. The summed E-state index contributed by atoms with van der Waals surface area (Å²) in [6.07, 6.45) is -0.682. The molecule has 1 aliphatic rings. The van der Waals surface area contributed by atoms with Crippen LogP contribution in [0.3, 0.4) is 0 Å². The third kappa shape index (κ3) is 4.65. The van der Waals surface area contributed by atoms with Gasteiger partial charge in [0, 0.05) is 19.5 Å². The van der Waals surface area contributed by atoms with Crippen molar-refractivity contribution in [2.75, 3.05) is 39.5 Å². The van der Waals surface area contributed by atoms with E-state index in [4.69, 9.17) is 18.9 Å². The molecule has 8 heteroatoms. The zero-order valence-corrected chi connectivity index (χ0v) is 13.9. The molecule has 1 fully saturated rings. The molecule has 0 aromatic rings. The second-order valence-corrected chi connectivity index (χ2v) is 4.97. The van der Waals surface area contributed by atoms with Crippen LogP contribution in [0, 0.1) is 5.41 Å². The number of hydrogen-bond donors (Lipinski definition) is 1. The van der Waals surface area contributed by atoms with E-state index in [9.17, 15) is 14.4 Å². The summed E-state index contributed by atoms with van der Waals surface area (Å²) in [5.41, 5.74) is -2.16. The molecule has 0 unspecified atom stereocenters. The van der Waals surface area contributed by atoms with Gasteiger partial charge in [0.05, 0.1) is 32.5 Å². The topological polar surface area (TPSA) is 100 Å². The fourth-order valence-electron chi connectivity index (χ4n) is 2.36. The molecule has 0 saturated carbocycles. The molecule has 0 amide bonds. The maximum atomic E-state index is 12.5. The van der Waals surface area contributed by atoms with E-state index in [0.29, 0.717) is 19.7 Å². The molecular weight excluding hydrogens is 306 g/mol. The first-order valence-corrected chi connectivity index (χ1v) is 7.86.